The van der Waals surface area contributed by atoms with Crippen molar-refractivity contribution in [3.63, 3.8) is 0 Å². The fourth-order valence-electron chi connectivity index (χ4n) is 4.30. The molecule has 0 radical (unpaired) electrons. The maximum Gasteiger partial charge on any atom is 0.163 e. The van der Waals surface area contributed by atoms with Crippen LogP contribution in [-0.4, -0.2) is 35.3 Å². The zero-order valence-electron chi connectivity index (χ0n) is 16.7. The summed E-state index contributed by atoms with van der Waals surface area (Å²) in [5, 5.41) is 3.50. The molecule has 1 N–H and O–H groups in total. The Labute approximate surface area is 171 Å². The first-order valence-electron chi connectivity index (χ1n) is 10.4. The first kappa shape index (κ1) is 18.1. The molecule has 3 heterocycles. The van der Waals surface area contributed by atoms with Crippen LogP contribution in [0.25, 0.3) is 11.4 Å². The molecule has 1 fully saturated rings. The van der Waals surface area contributed by atoms with Crippen molar-refractivity contribution in [2.75, 3.05) is 23.4 Å². The van der Waals surface area contributed by atoms with Crippen molar-refractivity contribution in [1.29, 1.82) is 0 Å². The number of ether oxygens (including phenoxy) is 1. The van der Waals surface area contributed by atoms with Gasteiger partial charge in [0.05, 0.1) is 6.10 Å². The van der Waals surface area contributed by atoms with Gasteiger partial charge in [-0.15, -0.1) is 0 Å². The van der Waals surface area contributed by atoms with Gasteiger partial charge in [-0.3, -0.25) is 0 Å². The number of nitrogens with zero attached hydrogens (tertiary/aromatic N) is 3. The number of benzene rings is 2. The van der Waals surface area contributed by atoms with Gasteiger partial charge in [0.1, 0.15) is 11.6 Å². The van der Waals surface area contributed by atoms with E-state index in [1.807, 2.05) is 18.2 Å². The fourth-order valence-corrected chi connectivity index (χ4v) is 4.30. The predicted molar refractivity (Wildman–Crippen MR) is 117 cm³/mol. The van der Waals surface area contributed by atoms with Crippen molar-refractivity contribution in [3.8, 4) is 11.4 Å². The van der Waals surface area contributed by atoms with Gasteiger partial charge in [0.25, 0.3) is 0 Å². The summed E-state index contributed by atoms with van der Waals surface area (Å²) in [5.41, 5.74) is 3.63. The lowest BCUT2D eigenvalue weighted by atomic mass is 10.1. The SMILES string of the molecule is CC1Cc2ccccc2N1c1cc(NCC2CCCO2)nc(-c2ccccc2)n1. The summed E-state index contributed by atoms with van der Waals surface area (Å²) in [5.74, 6) is 2.53. The average molecular weight is 386 g/mol. The molecule has 3 aromatic rings. The highest BCUT2D eigenvalue weighted by atomic mass is 16.5. The van der Waals surface area contributed by atoms with E-state index in [-0.39, 0.29) is 6.10 Å². The van der Waals surface area contributed by atoms with Crippen LogP contribution in [0.1, 0.15) is 25.3 Å². The van der Waals surface area contributed by atoms with Crippen molar-refractivity contribution < 1.29 is 4.74 Å². The minimum atomic E-state index is 0.264. The number of para-hydroxylation sites is 1. The van der Waals surface area contributed by atoms with Gasteiger partial charge in [0.15, 0.2) is 5.82 Å². The molecular weight excluding hydrogens is 360 g/mol. The van der Waals surface area contributed by atoms with E-state index in [1.165, 1.54) is 11.3 Å². The highest BCUT2D eigenvalue weighted by Gasteiger charge is 2.28. The fraction of sp³-hybridized carbons (Fsp3) is 0.333. The van der Waals surface area contributed by atoms with E-state index < -0.39 is 0 Å². The Morgan fingerprint density at radius 3 is 2.72 bits per heavy atom. The second-order valence-electron chi connectivity index (χ2n) is 7.87. The van der Waals surface area contributed by atoms with Gasteiger partial charge < -0.3 is 15.0 Å². The molecule has 148 valence electrons. The lowest BCUT2D eigenvalue weighted by Crippen LogP contribution is -2.25. The van der Waals surface area contributed by atoms with E-state index in [0.29, 0.717) is 6.04 Å². The molecule has 0 aliphatic carbocycles. The van der Waals surface area contributed by atoms with E-state index >= 15 is 0 Å². The second kappa shape index (κ2) is 7.84. The maximum atomic E-state index is 5.77. The van der Waals surface area contributed by atoms with Crippen LogP contribution in [0, 0.1) is 0 Å². The van der Waals surface area contributed by atoms with E-state index in [1.54, 1.807) is 0 Å². The lowest BCUT2D eigenvalue weighted by Gasteiger charge is -2.25. The van der Waals surface area contributed by atoms with E-state index in [2.05, 4.69) is 59.6 Å². The van der Waals surface area contributed by atoms with Gasteiger partial charge in [-0.1, -0.05) is 48.5 Å². The summed E-state index contributed by atoms with van der Waals surface area (Å²) in [6.45, 7) is 3.89. The van der Waals surface area contributed by atoms with Gasteiger partial charge in [0, 0.05) is 36.5 Å². The number of nitrogens with one attached hydrogen (secondary N) is 1. The van der Waals surface area contributed by atoms with Crippen molar-refractivity contribution in [2.45, 2.75) is 38.3 Å². The highest BCUT2D eigenvalue weighted by molar-refractivity contribution is 5.72. The third-order valence-corrected chi connectivity index (χ3v) is 5.73. The number of rotatable bonds is 5. The number of anilines is 3. The van der Waals surface area contributed by atoms with Gasteiger partial charge in [-0.05, 0) is 37.8 Å². The van der Waals surface area contributed by atoms with Gasteiger partial charge in [0.2, 0.25) is 0 Å². The van der Waals surface area contributed by atoms with Crippen molar-refractivity contribution in [3.05, 3.63) is 66.2 Å². The molecule has 0 bridgehead atoms. The van der Waals surface area contributed by atoms with Crippen molar-refractivity contribution >= 4 is 17.3 Å². The molecule has 2 unspecified atom stereocenters. The summed E-state index contributed by atoms with van der Waals surface area (Å²) in [6, 6.07) is 21.2. The number of fused-ring (bicyclic) bond motifs is 1. The zero-order valence-corrected chi connectivity index (χ0v) is 16.7. The molecule has 0 amide bonds. The van der Waals surface area contributed by atoms with E-state index in [4.69, 9.17) is 14.7 Å². The number of hydrogen-bond acceptors (Lipinski definition) is 5. The normalized spacial score (nSPS) is 20.7. The molecule has 0 spiro atoms. The second-order valence-corrected chi connectivity index (χ2v) is 7.87. The van der Waals surface area contributed by atoms with Crippen molar-refractivity contribution in [2.24, 2.45) is 0 Å². The predicted octanol–water partition coefficient (Wildman–Crippen LogP) is 4.82. The molecular formula is C24H26N4O. The lowest BCUT2D eigenvalue weighted by molar-refractivity contribution is 0.120. The Bertz CT molecular complexity index is 985. The van der Waals surface area contributed by atoms with Crippen molar-refractivity contribution in [1.82, 2.24) is 9.97 Å². The first-order valence-corrected chi connectivity index (χ1v) is 10.4. The first-order chi connectivity index (χ1) is 14.3. The maximum absolute atomic E-state index is 5.77. The van der Waals surface area contributed by atoms with Crippen LogP contribution in [0.4, 0.5) is 17.3 Å². The Hall–Kier alpha value is -2.92. The largest absolute Gasteiger partial charge is 0.376 e. The molecule has 2 aliphatic rings. The molecule has 5 nitrogen and oxygen atoms in total. The summed E-state index contributed by atoms with van der Waals surface area (Å²) >= 11 is 0. The summed E-state index contributed by atoms with van der Waals surface area (Å²) in [7, 11) is 0. The molecule has 2 aliphatic heterocycles. The number of hydrogen-bond donors (Lipinski definition) is 1. The van der Waals surface area contributed by atoms with E-state index in [9.17, 15) is 0 Å². The van der Waals surface area contributed by atoms with Gasteiger partial charge >= 0.3 is 0 Å². The molecule has 1 saturated heterocycles. The third kappa shape index (κ3) is 3.70. The molecule has 2 atom stereocenters. The minimum absolute atomic E-state index is 0.264. The minimum Gasteiger partial charge on any atom is -0.376 e. The summed E-state index contributed by atoms with van der Waals surface area (Å²) in [6.07, 6.45) is 3.53. The van der Waals surface area contributed by atoms with Crippen LogP contribution in [0.2, 0.25) is 0 Å². The summed E-state index contributed by atoms with van der Waals surface area (Å²) in [4.78, 5) is 12.1. The topological polar surface area (TPSA) is 50.3 Å². The third-order valence-electron chi connectivity index (χ3n) is 5.73. The standard InChI is InChI=1S/C24H26N4O/c1-17-14-19-10-5-6-12-21(19)28(17)23-15-22(25-16-20-11-7-13-29-20)26-24(27-23)18-8-3-2-4-9-18/h2-6,8-10,12,15,17,20H,7,11,13-14,16H2,1H3,(H,25,26,27). The molecule has 5 rings (SSSR count). The van der Waals surface area contributed by atoms with Crippen LogP contribution in [0.3, 0.4) is 0 Å². The number of aromatic nitrogens is 2. The smallest absolute Gasteiger partial charge is 0.163 e. The van der Waals surface area contributed by atoms with Crippen LogP contribution in [0.5, 0.6) is 0 Å². The molecule has 5 heteroatoms. The zero-order chi connectivity index (χ0) is 19.6. The van der Waals surface area contributed by atoms with Gasteiger partial charge in [-0.2, -0.15) is 0 Å². The Morgan fingerprint density at radius 2 is 1.90 bits per heavy atom. The van der Waals surface area contributed by atoms with Crippen LogP contribution in [0.15, 0.2) is 60.7 Å². The molecule has 29 heavy (non-hydrogen) atoms. The summed E-state index contributed by atoms with van der Waals surface area (Å²) < 4.78 is 5.77. The Morgan fingerprint density at radius 1 is 1.07 bits per heavy atom. The van der Waals surface area contributed by atoms with Gasteiger partial charge in [-0.25, -0.2) is 9.97 Å². The molecule has 0 saturated carbocycles. The molecule has 2 aromatic carbocycles. The monoisotopic (exact) mass is 386 g/mol. The van der Waals surface area contributed by atoms with Crippen LogP contribution in [-0.2, 0) is 11.2 Å². The Kier molecular flexibility index (Phi) is 4.90. The molecule has 1 aromatic heterocycles. The quantitative estimate of drug-likeness (QED) is 0.681. The van der Waals surface area contributed by atoms with Crippen LogP contribution < -0.4 is 10.2 Å². The average Bonchev–Trinajstić information content (AvgIpc) is 3.39. The highest BCUT2D eigenvalue weighted by Crippen LogP contribution is 2.38. The van der Waals surface area contributed by atoms with Crippen LogP contribution >= 0.6 is 0 Å². The van der Waals surface area contributed by atoms with E-state index in [0.717, 1.165) is 55.4 Å². The Balaban J connectivity index is 1.52.